The third-order valence-corrected chi connectivity index (χ3v) is 5.33. The quantitative estimate of drug-likeness (QED) is 0.715. The predicted molar refractivity (Wildman–Crippen MR) is 93.6 cm³/mol. The van der Waals surface area contributed by atoms with Crippen LogP contribution in [0.4, 0.5) is 0 Å². The number of phenols is 2. The summed E-state index contributed by atoms with van der Waals surface area (Å²) in [4.78, 5) is 22.5. The lowest BCUT2D eigenvalue weighted by molar-refractivity contribution is 0.0516. The van der Waals surface area contributed by atoms with E-state index in [9.17, 15) is 28.2 Å². The Labute approximate surface area is 155 Å². The largest absolute Gasteiger partial charge is 0.507 e. The van der Waals surface area contributed by atoms with Crippen LogP contribution in [0.1, 0.15) is 34.6 Å². The van der Waals surface area contributed by atoms with Crippen molar-refractivity contribution in [1.29, 1.82) is 0 Å². The second-order valence-electron chi connectivity index (χ2n) is 5.31. The summed E-state index contributed by atoms with van der Waals surface area (Å²) < 4.78 is 35.5. The van der Waals surface area contributed by atoms with E-state index in [-0.39, 0.29) is 24.3 Å². The molecule has 27 heavy (non-hydrogen) atoms. The number of phenolic OH excluding ortho intramolecular Hbond substituents is 2. The third-order valence-electron chi connectivity index (χ3n) is 3.52. The summed E-state index contributed by atoms with van der Waals surface area (Å²) in [6, 6.07) is 6.37. The molecule has 0 radical (unpaired) electrons. The van der Waals surface area contributed by atoms with Crippen LogP contribution in [0.25, 0.3) is 0 Å². The van der Waals surface area contributed by atoms with Crippen LogP contribution in [0.2, 0.25) is 0 Å². The van der Waals surface area contributed by atoms with Gasteiger partial charge in [0.2, 0.25) is 9.84 Å². The molecule has 0 aliphatic heterocycles. The standard InChI is InChI=1S/C18H18O8S/c1-3-25-17(21)11-5-7-13(19)15(9-11)27(23,24)16-10-12(6-8-14(16)20)18(22)26-4-2/h5-10,19-20H,3-4H2,1-2H3. The fourth-order valence-electron chi connectivity index (χ4n) is 2.26. The Morgan fingerprint density at radius 1 is 0.815 bits per heavy atom. The highest BCUT2D eigenvalue weighted by Crippen LogP contribution is 2.34. The van der Waals surface area contributed by atoms with Gasteiger partial charge in [0.05, 0.1) is 24.3 Å². The SMILES string of the molecule is CCOC(=O)c1ccc(O)c(S(=O)(=O)c2cc(C(=O)OCC)ccc2O)c1. The summed E-state index contributed by atoms with van der Waals surface area (Å²) in [5.41, 5.74) is -0.177. The number of rotatable bonds is 6. The number of sulfone groups is 1. The van der Waals surface area contributed by atoms with Gasteiger partial charge in [0, 0.05) is 0 Å². The van der Waals surface area contributed by atoms with Crippen LogP contribution in [0, 0.1) is 0 Å². The van der Waals surface area contributed by atoms with Crippen LogP contribution < -0.4 is 0 Å². The fourth-order valence-corrected chi connectivity index (χ4v) is 3.75. The molecule has 0 bridgehead atoms. The zero-order chi connectivity index (χ0) is 20.2. The Hall–Kier alpha value is -3.07. The molecule has 0 spiro atoms. The number of carbonyl (C=O) groups is 2. The molecule has 0 aliphatic rings. The Kier molecular flexibility index (Phi) is 6.06. The zero-order valence-electron chi connectivity index (χ0n) is 14.6. The normalized spacial score (nSPS) is 11.0. The van der Waals surface area contributed by atoms with E-state index < -0.39 is 43.1 Å². The van der Waals surface area contributed by atoms with E-state index in [2.05, 4.69) is 0 Å². The molecule has 8 nitrogen and oxygen atoms in total. The van der Waals surface area contributed by atoms with Crippen LogP contribution in [-0.4, -0.2) is 43.8 Å². The molecule has 2 aromatic carbocycles. The number of aromatic hydroxyl groups is 2. The molecular weight excluding hydrogens is 376 g/mol. The van der Waals surface area contributed by atoms with Crippen LogP contribution in [0.5, 0.6) is 11.5 Å². The molecule has 2 rings (SSSR count). The summed E-state index contributed by atoms with van der Waals surface area (Å²) in [5.74, 6) is -2.77. The van der Waals surface area contributed by atoms with Crippen molar-refractivity contribution in [3.63, 3.8) is 0 Å². The highest BCUT2D eigenvalue weighted by molar-refractivity contribution is 7.91. The van der Waals surface area contributed by atoms with E-state index in [0.717, 1.165) is 24.3 Å². The minimum atomic E-state index is -4.46. The van der Waals surface area contributed by atoms with Gasteiger partial charge in [-0.05, 0) is 50.2 Å². The molecule has 0 saturated carbocycles. The van der Waals surface area contributed by atoms with Crippen molar-refractivity contribution in [3.05, 3.63) is 47.5 Å². The van der Waals surface area contributed by atoms with Gasteiger partial charge < -0.3 is 19.7 Å². The third kappa shape index (κ3) is 4.20. The van der Waals surface area contributed by atoms with Crippen molar-refractivity contribution in [2.45, 2.75) is 23.6 Å². The first-order valence-corrected chi connectivity index (χ1v) is 9.46. The van der Waals surface area contributed by atoms with Gasteiger partial charge in [-0.25, -0.2) is 18.0 Å². The van der Waals surface area contributed by atoms with E-state index in [0.29, 0.717) is 0 Å². The first kappa shape index (κ1) is 20.2. The topological polar surface area (TPSA) is 127 Å². The van der Waals surface area contributed by atoms with Crippen LogP contribution in [0.15, 0.2) is 46.2 Å². The number of benzene rings is 2. The Bertz CT molecular complexity index is 905. The van der Waals surface area contributed by atoms with Gasteiger partial charge in [0.1, 0.15) is 21.3 Å². The molecule has 2 aromatic rings. The van der Waals surface area contributed by atoms with Crippen molar-refractivity contribution in [1.82, 2.24) is 0 Å². The van der Waals surface area contributed by atoms with Gasteiger partial charge in [0.15, 0.2) is 0 Å². The van der Waals surface area contributed by atoms with Crippen molar-refractivity contribution in [2.24, 2.45) is 0 Å². The minimum absolute atomic E-state index is 0.0875. The summed E-state index contributed by atoms with van der Waals surface area (Å²) in [6.07, 6.45) is 0. The first-order valence-electron chi connectivity index (χ1n) is 7.97. The van der Waals surface area contributed by atoms with Gasteiger partial charge in [-0.15, -0.1) is 0 Å². The number of carbonyl (C=O) groups excluding carboxylic acids is 2. The summed E-state index contributed by atoms with van der Waals surface area (Å²) in [5, 5.41) is 20.0. The lowest BCUT2D eigenvalue weighted by Gasteiger charge is -2.11. The predicted octanol–water partition coefficient (Wildman–Crippen LogP) is 2.28. The molecule has 0 saturated heterocycles. The lowest BCUT2D eigenvalue weighted by Crippen LogP contribution is -2.10. The van der Waals surface area contributed by atoms with Gasteiger partial charge in [0.25, 0.3) is 0 Å². The highest BCUT2D eigenvalue weighted by Gasteiger charge is 2.27. The van der Waals surface area contributed by atoms with Crippen LogP contribution in [-0.2, 0) is 19.3 Å². The van der Waals surface area contributed by atoms with E-state index in [1.807, 2.05) is 0 Å². The van der Waals surface area contributed by atoms with Gasteiger partial charge >= 0.3 is 11.9 Å². The molecular formula is C18H18O8S. The van der Waals surface area contributed by atoms with E-state index in [1.165, 1.54) is 12.1 Å². The number of hydrogen-bond acceptors (Lipinski definition) is 8. The molecule has 0 fully saturated rings. The maximum Gasteiger partial charge on any atom is 0.338 e. The van der Waals surface area contributed by atoms with E-state index in [1.54, 1.807) is 13.8 Å². The molecule has 2 N–H and O–H groups in total. The zero-order valence-corrected chi connectivity index (χ0v) is 15.4. The molecule has 144 valence electrons. The van der Waals surface area contributed by atoms with Gasteiger partial charge in [-0.1, -0.05) is 0 Å². The van der Waals surface area contributed by atoms with E-state index >= 15 is 0 Å². The average molecular weight is 394 g/mol. The molecule has 0 heterocycles. The maximum absolute atomic E-state index is 12.9. The average Bonchev–Trinajstić information content (AvgIpc) is 2.62. The van der Waals surface area contributed by atoms with Crippen LogP contribution >= 0.6 is 0 Å². The van der Waals surface area contributed by atoms with Gasteiger partial charge in [-0.2, -0.15) is 0 Å². The maximum atomic E-state index is 12.9. The fraction of sp³-hybridized carbons (Fsp3) is 0.222. The monoisotopic (exact) mass is 394 g/mol. The highest BCUT2D eigenvalue weighted by atomic mass is 32.2. The second-order valence-corrected chi connectivity index (χ2v) is 7.20. The molecule has 9 heteroatoms. The number of hydrogen-bond donors (Lipinski definition) is 2. The van der Waals surface area contributed by atoms with E-state index in [4.69, 9.17) is 9.47 Å². The molecule has 0 atom stereocenters. The Balaban J connectivity index is 2.59. The smallest absolute Gasteiger partial charge is 0.338 e. The molecule has 0 amide bonds. The molecule has 0 unspecified atom stereocenters. The molecule has 0 aromatic heterocycles. The van der Waals surface area contributed by atoms with Crippen LogP contribution in [0.3, 0.4) is 0 Å². The number of ether oxygens (including phenoxy) is 2. The lowest BCUT2D eigenvalue weighted by atomic mass is 10.2. The second kappa shape index (κ2) is 8.09. The minimum Gasteiger partial charge on any atom is -0.507 e. The van der Waals surface area contributed by atoms with Crippen molar-refractivity contribution < 1.29 is 37.7 Å². The summed E-state index contributed by atoms with van der Waals surface area (Å²) in [7, 11) is -4.46. The molecule has 0 aliphatic carbocycles. The summed E-state index contributed by atoms with van der Waals surface area (Å²) >= 11 is 0. The Morgan fingerprint density at radius 2 is 1.19 bits per heavy atom. The van der Waals surface area contributed by atoms with Crippen molar-refractivity contribution in [3.8, 4) is 11.5 Å². The summed E-state index contributed by atoms with van der Waals surface area (Å²) in [6.45, 7) is 3.36. The van der Waals surface area contributed by atoms with Crippen molar-refractivity contribution in [2.75, 3.05) is 13.2 Å². The Morgan fingerprint density at radius 3 is 1.52 bits per heavy atom. The van der Waals surface area contributed by atoms with Crippen molar-refractivity contribution >= 4 is 21.8 Å². The first-order chi connectivity index (χ1) is 12.7. The van der Waals surface area contributed by atoms with Gasteiger partial charge in [-0.3, -0.25) is 0 Å². The number of esters is 2.